The van der Waals surface area contributed by atoms with Crippen molar-refractivity contribution in [1.29, 1.82) is 0 Å². The van der Waals surface area contributed by atoms with Gasteiger partial charge in [0.2, 0.25) is 0 Å². The molecule has 4 heteroatoms. The number of methoxy groups -OCH3 is 1. The van der Waals surface area contributed by atoms with Crippen molar-refractivity contribution >= 4 is 0 Å². The van der Waals surface area contributed by atoms with Gasteiger partial charge in [0.15, 0.2) is 0 Å². The van der Waals surface area contributed by atoms with Crippen LogP contribution in [-0.4, -0.2) is 29.6 Å². The fourth-order valence-electron chi connectivity index (χ4n) is 2.58. The molecular weight excluding hydrogens is 240 g/mol. The van der Waals surface area contributed by atoms with Crippen LogP contribution >= 0.6 is 0 Å². The van der Waals surface area contributed by atoms with Gasteiger partial charge in [0.05, 0.1) is 25.0 Å². The van der Waals surface area contributed by atoms with E-state index in [1.807, 2.05) is 20.0 Å². The maximum Gasteiger partial charge on any atom is 0.110 e. The summed E-state index contributed by atoms with van der Waals surface area (Å²) in [6.07, 6.45) is 2.01. The first kappa shape index (κ1) is 16.2. The number of nitrogens with zero attached hydrogens (tertiary/aromatic N) is 2. The monoisotopic (exact) mass is 268 g/mol. The normalized spacial score (nSPS) is 25.8. The summed E-state index contributed by atoms with van der Waals surface area (Å²) >= 11 is 0. The quantitative estimate of drug-likeness (QED) is 0.845. The summed E-state index contributed by atoms with van der Waals surface area (Å²) in [7, 11) is 1.71. The number of fused-ring (bicyclic) bond motifs is 1. The van der Waals surface area contributed by atoms with Crippen LogP contribution in [0.25, 0.3) is 0 Å². The molecule has 0 fully saturated rings. The third-order valence-corrected chi connectivity index (χ3v) is 3.73. The minimum atomic E-state index is -0.276. The number of hydrogen-bond acceptors (Lipinski definition) is 3. The van der Waals surface area contributed by atoms with Crippen LogP contribution in [0.1, 0.15) is 45.9 Å². The van der Waals surface area contributed by atoms with E-state index in [0.29, 0.717) is 12.5 Å². The van der Waals surface area contributed by atoms with Crippen molar-refractivity contribution in [1.82, 2.24) is 9.78 Å². The average Bonchev–Trinajstić information content (AvgIpc) is 2.74. The van der Waals surface area contributed by atoms with E-state index in [1.54, 1.807) is 7.11 Å². The van der Waals surface area contributed by atoms with Gasteiger partial charge in [-0.1, -0.05) is 27.7 Å². The smallest absolute Gasteiger partial charge is 0.110 e. The highest BCUT2D eigenvalue weighted by Gasteiger charge is 2.42. The first-order chi connectivity index (χ1) is 8.99. The molecule has 1 aromatic rings. The van der Waals surface area contributed by atoms with Gasteiger partial charge in [-0.2, -0.15) is 5.10 Å². The maximum absolute atomic E-state index is 6.26. The maximum atomic E-state index is 6.26. The van der Waals surface area contributed by atoms with Crippen LogP contribution in [-0.2, 0) is 21.6 Å². The molecule has 2 atom stereocenters. The second-order valence-electron chi connectivity index (χ2n) is 5.32. The summed E-state index contributed by atoms with van der Waals surface area (Å²) < 4.78 is 13.5. The first-order valence-corrected chi connectivity index (χ1v) is 7.18. The number of hydrogen-bond donors (Lipinski definition) is 0. The Morgan fingerprint density at radius 3 is 2.68 bits per heavy atom. The third kappa shape index (κ3) is 3.00. The predicted molar refractivity (Wildman–Crippen MR) is 77.3 cm³/mol. The number of ether oxygens (including phenoxy) is 2. The van der Waals surface area contributed by atoms with Crippen LogP contribution in [0.4, 0.5) is 0 Å². The van der Waals surface area contributed by atoms with E-state index < -0.39 is 0 Å². The molecule has 0 saturated heterocycles. The summed E-state index contributed by atoms with van der Waals surface area (Å²) in [5.41, 5.74) is 2.14. The van der Waals surface area contributed by atoms with Crippen LogP contribution in [0.3, 0.4) is 0 Å². The Balaban J connectivity index is 0.000000861. The predicted octanol–water partition coefficient (Wildman–Crippen LogP) is 3.13. The van der Waals surface area contributed by atoms with E-state index in [0.717, 1.165) is 6.54 Å². The molecule has 2 rings (SSSR count). The van der Waals surface area contributed by atoms with Crippen molar-refractivity contribution in [3.05, 3.63) is 17.5 Å². The lowest BCUT2D eigenvalue weighted by Crippen LogP contribution is -2.46. The van der Waals surface area contributed by atoms with Crippen molar-refractivity contribution in [3.8, 4) is 0 Å². The number of aromatic nitrogens is 2. The largest absolute Gasteiger partial charge is 0.382 e. The molecule has 0 bridgehead atoms. The van der Waals surface area contributed by atoms with E-state index >= 15 is 0 Å². The Labute approximate surface area is 117 Å². The fraction of sp³-hybridized carbons (Fsp3) is 0.800. The topological polar surface area (TPSA) is 36.3 Å². The van der Waals surface area contributed by atoms with Crippen molar-refractivity contribution in [2.75, 3.05) is 13.7 Å². The average molecular weight is 268 g/mol. The van der Waals surface area contributed by atoms with Crippen LogP contribution in [0.15, 0.2) is 6.20 Å². The van der Waals surface area contributed by atoms with Crippen LogP contribution < -0.4 is 0 Å². The van der Waals surface area contributed by atoms with Crippen molar-refractivity contribution in [2.24, 2.45) is 5.92 Å². The second kappa shape index (κ2) is 6.53. The molecule has 0 amide bonds. The Hall–Kier alpha value is -0.870. The molecule has 2 unspecified atom stereocenters. The Morgan fingerprint density at radius 1 is 1.53 bits per heavy atom. The second-order valence-corrected chi connectivity index (χ2v) is 5.32. The van der Waals surface area contributed by atoms with E-state index in [4.69, 9.17) is 9.47 Å². The van der Waals surface area contributed by atoms with Gasteiger partial charge in [0.25, 0.3) is 0 Å². The Morgan fingerprint density at radius 2 is 2.16 bits per heavy atom. The molecule has 0 aromatic carbocycles. The summed E-state index contributed by atoms with van der Waals surface area (Å²) in [4.78, 5) is 0. The van der Waals surface area contributed by atoms with Gasteiger partial charge in [-0.15, -0.1) is 0 Å². The van der Waals surface area contributed by atoms with Gasteiger partial charge >= 0.3 is 0 Å². The molecule has 4 nitrogen and oxygen atoms in total. The Kier molecular flexibility index (Phi) is 5.56. The lowest BCUT2D eigenvalue weighted by Gasteiger charge is -2.42. The summed E-state index contributed by atoms with van der Waals surface area (Å²) in [5, 5.41) is 4.45. The lowest BCUT2D eigenvalue weighted by atomic mass is 9.85. The highest BCUT2D eigenvalue weighted by molar-refractivity contribution is 5.24. The van der Waals surface area contributed by atoms with Gasteiger partial charge in [0.1, 0.15) is 11.7 Å². The first-order valence-electron chi connectivity index (χ1n) is 7.18. The van der Waals surface area contributed by atoms with Gasteiger partial charge < -0.3 is 9.47 Å². The van der Waals surface area contributed by atoms with E-state index in [1.165, 1.54) is 11.3 Å². The zero-order valence-electron chi connectivity index (χ0n) is 13.4. The highest BCUT2D eigenvalue weighted by atomic mass is 16.5. The van der Waals surface area contributed by atoms with E-state index in [-0.39, 0.29) is 11.7 Å². The molecule has 110 valence electrons. The summed E-state index contributed by atoms with van der Waals surface area (Å²) in [5.74, 6) is 0.399. The van der Waals surface area contributed by atoms with Crippen LogP contribution in [0.2, 0.25) is 0 Å². The summed E-state index contributed by atoms with van der Waals surface area (Å²) in [6, 6.07) is 0. The molecule has 0 radical (unpaired) electrons. The molecule has 1 aliphatic rings. The minimum Gasteiger partial charge on any atom is -0.382 e. The molecule has 19 heavy (non-hydrogen) atoms. The molecule has 0 saturated carbocycles. The number of rotatable bonds is 3. The minimum absolute atomic E-state index is 0.0826. The SMILES string of the molecule is CC.COCC1Cn2ncc(C)c2C(C)(C(C)C)O1. The van der Waals surface area contributed by atoms with Crippen LogP contribution in [0.5, 0.6) is 0 Å². The molecule has 2 heterocycles. The van der Waals surface area contributed by atoms with Gasteiger partial charge in [-0.05, 0) is 25.3 Å². The number of aryl methyl sites for hydroxylation is 1. The third-order valence-electron chi connectivity index (χ3n) is 3.73. The molecule has 0 aliphatic carbocycles. The van der Waals surface area contributed by atoms with E-state index in [2.05, 4.69) is 37.5 Å². The van der Waals surface area contributed by atoms with Crippen molar-refractivity contribution in [3.63, 3.8) is 0 Å². The Bertz CT molecular complexity index is 401. The zero-order valence-corrected chi connectivity index (χ0v) is 13.4. The lowest BCUT2D eigenvalue weighted by molar-refractivity contribution is -0.161. The van der Waals surface area contributed by atoms with Gasteiger partial charge in [0, 0.05) is 7.11 Å². The van der Waals surface area contributed by atoms with E-state index in [9.17, 15) is 0 Å². The molecule has 0 spiro atoms. The van der Waals surface area contributed by atoms with Gasteiger partial charge in [-0.25, -0.2) is 0 Å². The molecular formula is C15H28N2O2. The molecule has 0 N–H and O–H groups in total. The molecule has 1 aliphatic heterocycles. The fourth-order valence-corrected chi connectivity index (χ4v) is 2.58. The standard InChI is InChI=1S/C13H22N2O2.C2H6/c1-9(2)13(4)12-10(3)6-14-15(12)7-11(17-13)8-16-5;1-2/h6,9,11H,7-8H2,1-5H3;1-2H3. The molecule has 1 aromatic heterocycles. The highest BCUT2D eigenvalue weighted by Crippen LogP contribution is 2.39. The zero-order chi connectivity index (χ0) is 14.6. The van der Waals surface area contributed by atoms with Crippen LogP contribution in [0, 0.1) is 12.8 Å². The van der Waals surface area contributed by atoms with Crippen molar-refractivity contribution < 1.29 is 9.47 Å². The summed E-state index contributed by atoms with van der Waals surface area (Å²) in [6.45, 7) is 14.0. The van der Waals surface area contributed by atoms with Gasteiger partial charge in [-0.3, -0.25) is 4.68 Å². The van der Waals surface area contributed by atoms with Crippen molar-refractivity contribution in [2.45, 2.75) is 59.8 Å².